The summed E-state index contributed by atoms with van der Waals surface area (Å²) in [5.41, 5.74) is 12.0. The molecule has 0 saturated carbocycles. The SMILES string of the molecule is C(=C([c-]1cccc1)[c-]1cccc1)=C([c-]1cccc1)C(C#C[c-]1cccc1)([c-]1cccc1)[c-]1cccc1.[Fe].[Fe].[Fe].[Fe].[Fe].[Fe].c1cc[cH-]c1.c1cc[cH-]c1.c1cc[cH-]c1.c1cc[cH-]c1.c1cc[cH-]c1.c1cc[cH-]c1. The summed E-state index contributed by atoms with van der Waals surface area (Å²) in [5, 5.41) is 0. The quantitative estimate of drug-likeness (QED) is 0.0674. The minimum absolute atomic E-state index is 0. The van der Waals surface area contributed by atoms with Crippen molar-refractivity contribution in [3.8, 4) is 11.8 Å². The third kappa shape index (κ3) is 22.9. The predicted octanol–water partition coefficient (Wildman–Crippen LogP) is 16.6. The van der Waals surface area contributed by atoms with E-state index >= 15 is 0 Å². The van der Waals surface area contributed by atoms with Gasteiger partial charge in [0.25, 0.3) is 0 Å². The molecule has 0 aliphatic carbocycles. The zero-order valence-corrected chi connectivity index (χ0v) is 45.9. The standard InChI is InChI=1S/C36H24.6C5H5.6Fe/c1-2-14-28(13-1)25-26-36(32-21-9-10-22-32,33-23-11-12-24-33)35(31-19-7-8-20-31)27-34(29-15-3-4-16-29)30-17-5-6-18-30;6*1-2-4-5-3-1;;;;;;/h1-24H;6*1-5H;;;;;;/q-6;6*-1;;;;;;. The van der Waals surface area contributed by atoms with Crippen LogP contribution in [0.5, 0.6) is 0 Å². The minimum Gasteiger partial charge on any atom is -0.252 e. The Kier molecular flexibility index (Phi) is 37.7. The van der Waals surface area contributed by atoms with Crippen LogP contribution in [-0.2, 0) is 108 Å². The molecule has 0 saturated heterocycles. The van der Waals surface area contributed by atoms with E-state index in [1.807, 2.05) is 194 Å². The van der Waals surface area contributed by atoms with E-state index < -0.39 is 5.41 Å². The van der Waals surface area contributed by atoms with E-state index in [0.29, 0.717) is 0 Å². The Hall–Kier alpha value is -5.60. The van der Waals surface area contributed by atoms with Gasteiger partial charge in [0, 0.05) is 102 Å². The van der Waals surface area contributed by atoms with Crippen LogP contribution in [0.3, 0.4) is 0 Å². The summed E-state index contributed by atoms with van der Waals surface area (Å²) in [4.78, 5) is 0. The largest absolute Gasteiger partial charge is 0.252 e. The van der Waals surface area contributed by atoms with E-state index in [9.17, 15) is 0 Å². The second-order valence-electron chi connectivity index (χ2n) is 14.7. The molecule has 0 aliphatic heterocycles. The number of hydrogen-bond acceptors (Lipinski definition) is 0. The second-order valence-corrected chi connectivity index (χ2v) is 14.7. The van der Waals surface area contributed by atoms with Crippen LogP contribution in [0, 0.1) is 11.8 Å². The average Bonchev–Trinajstić information content (AvgIpc) is 4.22. The fourth-order valence-electron chi connectivity index (χ4n) is 6.90. The van der Waals surface area contributed by atoms with E-state index in [4.69, 9.17) is 0 Å². The summed E-state index contributed by atoms with van der Waals surface area (Å²) in [6, 6.07) is 111. The van der Waals surface area contributed by atoms with Gasteiger partial charge < -0.3 is 0 Å². The van der Waals surface area contributed by atoms with Gasteiger partial charge in [0.15, 0.2) is 0 Å². The summed E-state index contributed by atoms with van der Waals surface area (Å²) in [5.74, 6) is 7.27. The van der Waals surface area contributed by atoms with Crippen molar-refractivity contribution in [1.29, 1.82) is 0 Å². The van der Waals surface area contributed by atoms with Crippen molar-refractivity contribution in [1.82, 2.24) is 0 Å². The molecule has 72 heavy (non-hydrogen) atoms. The van der Waals surface area contributed by atoms with E-state index in [1.165, 1.54) is 0 Å². The van der Waals surface area contributed by atoms with Crippen LogP contribution in [0.4, 0.5) is 0 Å². The number of allylic oxidation sites excluding steroid dienone is 1. The molecule has 0 N–H and O–H groups in total. The molecule has 0 unspecified atom stereocenters. The maximum Gasteiger partial charge on any atom is 0 e. The molecule has 0 aromatic heterocycles. The molecule has 0 radical (unpaired) electrons. The zero-order valence-electron chi connectivity index (χ0n) is 39.3. The van der Waals surface area contributed by atoms with Gasteiger partial charge in [-0.2, -0.15) is 186 Å². The minimum atomic E-state index is -0.705. The van der Waals surface area contributed by atoms with E-state index in [2.05, 4.69) is 151 Å². The molecular weight excluding hydrogens is 1130 g/mol. The Morgan fingerprint density at radius 3 is 0.764 bits per heavy atom. The smallest absolute Gasteiger partial charge is 0 e. The summed E-state index contributed by atoms with van der Waals surface area (Å²) < 4.78 is 0. The number of hydrogen-bond donors (Lipinski definition) is 0. The van der Waals surface area contributed by atoms with Crippen LogP contribution in [0.2, 0.25) is 0 Å². The van der Waals surface area contributed by atoms with Crippen molar-refractivity contribution < 1.29 is 102 Å². The molecule has 0 spiro atoms. The fraction of sp³-hybridized carbons (Fsp3) is 0.0152. The van der Waals surface area contributed by atoms with Crippen molar-refractivity contribution in [3.63, 3.8) is 0 Å². The van der Waals surface area contributed by atoms with Crippen LogP contribution in [0.1, 0.15) is 33.4 Å². The topological polar surface area (TPSA) is 0 Å². The first kappa shape index (κ1) is 66.4. The zero-order chi connectivity index (χ0) is 45.4. The first-order valence-electron chi connectivity index (χ1n) is 22.2. The van der Waals surface area contributed by atoms with Crippen LogP contribution < -0.4 is 0 Å². The van der Waals surface area contributed by atoms with Gasteiger partial charge in [0.05, 0.1) is 0 Å². The van der Waals surface area contributed by atoms with Crippen LogP contribution in [0.15, 0.2) is 333 Å². The van der Waals surface area contributed by atoms with Crippen LogP contribution >= 0.6 is 0 Å². The van der Waals surface area contributed by atoms with Crippen molar-refractivity contribution >= 4 is 11.1 Å². The second kappa shape index (κ2) is 40.9. The number of rotatable bonds is 6. The van der Waals surface area contributed by atoms with Crippen molar-refractivity contribution in [2.45, 2.75) is 5.41 Å². The van der Waals surface area contributed by atoms with Gasteiger partial charge in [-0.3, -0.25) is 5.73 Å². The van der Waals surface area contributed by atoms with E-state index in [-0.39, 0.29) is 102 Å². The van der Waals surface area contributed by atoms with Crippen molar-refractivity contribution in [3.05, 3.63) is 367 Å². The van der Waals surface area contributed by atoms with Gasteiger partial charge in [-0.1, -0.05) is 23.3 Å². The summed E-state index contributed by atoms with van der Waals surface area (Å²) in [6.07, 6.45) is 0. The molecule has 12 aromatic carbocycles. The fourth-order valence-corrected chi connectivity index (χ4v) is 6.90. The first-order chi connectivity index (χ1) is 32.8. The van der Waals surface area contributed by atoms with Gasteiger partial charge in [0.2, 0.25) is 0 Å². The van der Waals surface area contributed by atoms with Gasteiger partial charge >= 0.3 is 0 Å². The van der Waals surface area contributed by atoms with Gasteiger partial charge in [-0.05, 0) is 5.41 Å². The van der Waals surface area contributed by atoms with Crippen LogP contribution in [-0.4, -0.2) is 0 Å². The van der Waals surface area contributed by atoms with Crippen LogP contribution in [0.25, 0.3) is 11.1 Å². The monoisotopic (exact) mass is 1180 g/mol. The molecule has 12 aromatic rings. The molecule has 0 atom stereocenters. The normalized spacial score (nSPS) is 8.83. The Morgan fingerprint density at radius 1 is 0.278 bits per heavy atom. The molecular formula is C66H54Fe6-12. The van der Waals surface area contributed by atoms with E-state index in [1.54, 1.807) is 0 Å². The third-order valence-electron chi connectivity index (χ3n) is 10.1. The molecule has 0 bridgehead atoms. The molecule has 0 heterocycles. The predicted molar refractivity (Wildman–Crippen MR) is 282 cm³/mol. The van der Waals surface area contributed by atoms with Gasteiger partial charge in [0.1, 0.15) is 0 Å². The molecule has 0 aliphatic rings. The third-order valence-corrected chi connectivity index (χ3v) is 10.1. The average molecular weight is 1180 g/mol. The molecule has 378 valence electrons. The molecule has 0 amide bonds. The molecule has 0 fully saturated rings. The first-order valence-corrected chi connectivity index (χ1v) is 22.2. The molecule has 12 rings (SSSR count). The maximum absolute atomic E-state index is 3.94. The Bertz CT molecular complexity index is 2500. The Morgan fingerprint density at radius 2 is 0.514 bits per heavy atom. The van der Waals surface area contributed by atoms with Crippen molar-refractivity contribution in [2.75, 3.05) is 0 Å². The molecule has 6 heteroatoms. The Labute approximate surface area is 492 Å². The summed E-state index contributed by atoms with van der Waals surface area (Å²) in [7, 11) is 0. The maximum atomic E-state index is 3.94. The Balaban J connectivity index is 0.00000113. The van der Waals surface area contributed by atoms with E-state index in [0.717, 1.165) is 44.5 Å². The van der Waals surface area contributed by atoms with Crippen molar-refractivity contribution in [2.24, 2.45) is 0 Å². The summed E-state index contributed by atoms with van der Waals surface area (Å²) in [6.45, 7) is 0. The summed E-state index contributed by atoms with van der Waals surface area (Å²) >= 11 is 0. The van der Waals surface area contributed by atoms with Gasteiger partial charge in [-0.25, -0.2) is 127 Å². The molecule has 0 nitrogen and oxygen atoms in total. The van der Waals surface area contributed by atoms with Gasteiger partial charge in [-0.15, -0.1) is 47.5 Å².